The Morgan fingerprint density at radius 1 is 1.05 bits per heavy atom. The lowest BCUT2D eigenvalue weighted by Gasteiger charge is -2.09. The van der Waals surface area contributed by atoms with E-state index in [0.717, 1.165) is 31.6 Å². The molecule has 20 heavy (non-hydrogen) atoms. The molecule has 0 spiro atoms. The fraction of sp³-hybridized carbons (Fsp3) is 0.667. The van der Waals surface area contributed by atoms with Crippen LogP contribution in [-0.2, 0) is 6.42 Å². The Labute approximate surface area is 124 Å². The molecule has 0 fully saturated rings. The zero-order chi connectivity index (χ0) is 14.6. The van der Waals surface area contributed by atoms with E-state index in [0.29, 0.717) is 5.92 Å². The minimum absolute atomic E-state index is 0.277. The summed E-state index contributed by atoms with van der Waals surface area (Å²) in [4.78, 5) is 0. The highest BCUT2D eigenvalue weighted by Crippen LogP contribution is 2.15. The van der Waals surface area contributed by atoms with Crippen LogP contribution in [0, 0.1) is 5.92 Å². The van der Waals surface area contributed by atoms with Crippen molar-refractivity contribution in [2.45, 2.75) is 58.8 Å². The molecule has 0 saturated heterocycles. The fourth-order valence-electron chi connectivity index (χ4n) is 2.15. The summed E-state index contributed by atoms with van der Waals surface area (Å²) in [5.74, 6) is 1.36. The Balaban J connectivity index is 2.18. The van der Waals surface area contributed by atoms with Gasteiger partial charge in [-0.05, 0) is 42.9 Å². The third kappa shape index (κ3) is 7.54. The molecule has 0 heterocycles. The highest BCUT2D eigenvalue weighted by atomic mass is 16.5. The van der Waals surface area contributed by atoms with Gasteiger partial charge in [0.25, 0.3) is 0 Å². The number of hydrogen-bond donors (Lipinski definition) is 1. The molecule has 0 radical (unpaired) electrons. The summed E-state index contributed by atoms with van der Waals surface area (Å²) in [5, 5.41) is 9.01. The SMILES string of the molecule is CCCCCCCOc1ccc(CCC(C)CO)cc1. The molecule has 1 aromatic carbocycles. The van der Waals surface area contributed by atoms with Crippen LogP contribution in [0.1, 0.15) is 57.9 Å². The second-order valence-corrected chi connectivity index (χ2v) is 5.73. The van der Waals surface area contributed by atoms with Crippen molar-refractivity contribution in [2.24, 2.45) is 5.92 Å². The van der Waals surface area contributed by atoms with E-state index in [-0.39, 0.29) is 6.61 Å². The second kappa shape index (κ2) is 10.7. The van der Waals surface area contributed by atoms with Crippen LogP contribution in [0.5, 0.6) is 5.75 Å². The fourth-order valence-corrected chi connectivity index (χ4v) is 2.15. The van der Waals surface area contributed by atoms with Gasteiger partial charge < -0.3 is 9.84 Å². The number of aryl methyl sites for hydroxylation is 1. The smallest absolute Gasteiger partial charge is 0.119 e. The maximum Gasteiger partial charge on any atom is 0.119 e. The Kier molecular flexibility index (Phi) is 9.14. The maximum atomic E-state index is 9.01. The van der Waals surface area contributed by atoms with E-state index in [1.807, 2.05) is 0 Å². The van der Waals surface area contributed by atoms with Crippen molar-refractivity contribution in [2.75, 3.05) is 13.2 Å². The Morgan fingerprint density at radius 2 is 1.75 bits per heavy atom. The van der Waals surface area contributed by atoms with Crippen molar-refractivity contribution < 1.29 is 9.84 Å². The van der Waals surface area contributed by atoms with E-state index in [1.165, 1.54) is 31.2 Å². The number of benzene rings is 1. The van der Waals surface area contributed by atoms with Gasteiger partial charge in [0.1, 0.15) is 5.75 Å². The monoisotopic (exact) mass is 278 g/mol. The molecule has 2 heteroatoms. The van der Waals surface area contributed by atoms with E-state index < -0.39 is 0 Å². The summed E-state index contributed by atoms with van der Waals surface area (Å²) >= 11 is 0. The molecule has 1 atom stereocenters. The van der Waals surface area contributed by atoms with Crippen LogP contribution < -0.4 is 4.74 Å². The van der Waals surface area contributed by atoms with E-state index in [9.17, 15) is 0 Å². The molecule has 0 aliphatic rings. The van der Waals surface area contributed by atoms with Gasteiger partial charge in [-0.3, -0.25) is 0 Å². The lowest BCUT2D eigenvalue weighted by molar-refractivity contribution is 0.230. The predicted octanol–water partition coefficient (Wildman–Crippen LogP) is 4.60. The molecular formula is C18H30O2. The molecule has 1 aromatic rings. The molecule has 0 bridgehead atoms. The zero-order valence-corrected chi connectivity index (χ0v) is 13.1. The maximum absolute atomic E-state index is 9.01. The first-order valence-electron chi connectivity index (χ1n) is 8.08. The first-order valence-corrected chi connectivity index (χ1v) is 8.08. The van der Waals surface area contributed by atoms with Crippen LogP contribution in [0.25, 0.3) is 0 Å². The number of hydrogen-bond acceptors (Lipinski definition) is 2. The van der Waals surface area contributed by atoms with Gasteiger partial charge in [0.05, 0.1) is 6.61 Å². The first-order chi connectivity index (χ1) is 9.76. The minimum Gasteiger partial charge on any atom is -0.494 e. The van der Waals surface area contributed by atoms with Crippen LogP contribution in [0.15, 0.2) is 24.3 Å². The molecule has 1 unspecified atom stereocenters. The van der Waals surface area contributed by atoms with Crippen LogP contribution in [0.4, 0.5) is 0 Å². The lowest BCUT2D eigenvalue weighted by atomic mass is 10.0. The van der Waals surface area contributed by atoms with E-state index in [4.69, 9.17) is 9.84 Å². The normalized spacial score (nSPS) is 12.3. The first kappa shape index (κ1) is 17.0. The molecule has 2 nitrogen and oxygen atoms in total. The summed E-state index contributed by atoms with van der Waals surface area (Å²) in [6.07, 6.45) is 8.42. The average molecular weight is 278 g/mol. The standard InChI is InChI=1S/C18H30O2/c1-3-4-5-6-7-14-20-18-12-10-17(11-13-18)9-8-16(2)15-19/h10-13,16,19H,3-9,14-15H2,1-2H3. The summed E-state index contributed by atoms with van der Waals surface area (Å²) < 4.78 is 5.75. The molecule has 0 aliphatic carbocycles. The van der Waals surface area contributed by atoms with Crippen molar-refractivity contribution in [1.82, 2.24) is 0 Å². The predicted molar refractivity (Wildman–Crippen MR) is 85.3 cm³/mol. The third-order valence-electron chi connectivity index (χ3n) is 3.68. The number of unbranched alkanes of at least 4 members (excludes halogenated alkanes) is 4. The zero-order valence-electron chi connectivity index (χ0n) is 13.1. The van der Waals surface area contributed by atoms with Crippen molar-refractivity contribution in [3.8, 4) is 5.75 Å². The van der Waals surface area contributed by atoms with Crippen molar-refractivity contribution in [3.05, 3.63) is 29.8 Å². The van der Waals surface area contributed by atoms with Crippen LogP contribution in [-0.4, -0.2) is 18.3 Å². The quantitative estimate of drug-likeness (QED) is 0.600. The number of aliphatic hydroxyl groups is 1. The number of ether oxygens (including phenoxy) is 1. The van der Waals surface area contributed by atoms with Crippen molar-refractivity contribution in [3.63, 3.8) is 0 Å². The molecule has 0 aliphatic heterocycles. The van der Waals surface area contributed by atoms with Gasteiger partial charge in [0.15, 0.2) is 0 Å². The minimum atomic E-state index is 0.277. The van der Waals surface area contributed by atoms with Gasteiger partial charge in [-0.15, -0.1) is 0 Å². The highest BCUT2D eigenvalue weighted by molar-refractivity contribution is 5.27. The van der Waals surface area contributed by atoms with Crippen molar-refractivity contribution >= 4 is 0 Å². The number of rotatable bonds is 11. The Bertz CT molecular complexity index is 332. The van der Waals surface area contributed by atoms with E-state index in [1.54, 1.807) is 0 Å². The molecule has 1 N–H and O–H groups in total. The summed E-state index contributed by atoms with van der Waals surface area (Å²) in [6.45, 7) is 5.42. The second-order valence-electron chi connectivity index (χ2n) is 5.73. The van der Waals surface area contributed by atoms with Gasteiger partial charge in [-0.2, -0.15) is 0 Å². The topological polar surface area (TPSA) is 29.5 Å². The van der Waals surface area contributed by atoms with Crippen LogP contribution in [0.3, 0.4) is 0 Å². The number of aliphatic hydroxyl groups excluding tert-OH is 1. The van der Waals surface area contributed by atoms with E-state index in [2.05, 4.69) is 38.1 Å². The average Bonchev–Trinajstić information content (AvgIpc) is 2.49. The molecular weight excluding hydrogens is 248 g/mol. The Morgan fingerprint density at radius 3 is 2.40 bits per heavy atom. The molecule has 0 aromatic heterocycles. The molecule has 0 saturated carbocycles. The molecule has 114 valence electrons. The summed E-state index contributed by atoms with van der Waals surface area (Å²) in [7, 11) is 0. The van der Waals surface area contributed by atoms with Gasteiger partial charge in [0, 0.05) is 6.61 Å². The summed E-state index contributed by atoms with van der Waals surface area (Å²) in [5.41, 5.74) is 1.32. The largest absolute Gasteiger partial charge is 0.494 e. The molecule has 1 rings (SSSR count). The third-order valence-corrected chi connectivity index (χ3v) is 3.68. The highest BCUT2D eigenvalue weighted by Gasteiger charge is 2.01. The van der Waals surface area contributed by atoms with Crippen LogP contribution >= 0.6 is 0 Å². The van der Waals surface area contributed by atoms with Crippen LogP contribution in [0.2, 0.25) is 0 Å². The summed E-state index contributed by atoms with van der Waals surface area (Å²) in [6, 6.07) is 8.39. The van der Waals surface area contributed by atoms with Gasteiger partial charge in [-0.25, -0.2) is 0 Å². The molecule has 0 amide bonds. The van der Waals surface area contributed by atoms with Crippen molar-refractivity contribution in [1.29, 1.82) is 0 Å². The lowest BCUT2D eigenvalue weighted by Crippen LogP contribution is -2.02. The van der Waals surface area contributed by atoms with E-state index >= 15 is 0 Å². The van der Waals surface area contributed by atoms with Gasteiger partial charge >= 0.3 is 0 Å². The Hall–Kier alpha value is -1.02. The van der Waals surface area contributed by atoms with Gasteiger partial charge in [0.2, 0.25) is 0 Å². The van der Waals surface area contributed by atoms with Gasteiger partial charge in [-0.1, -0.05) is 51.7 Å².